The van der Waals surface area contributed by atoms with E-state index in [-0.39, 0.29) is 12.1 Å². The largest absolute Gasteiger partial charge is 0.496 e. The average Bonchev–Trinajstić information content (AvgIpc) is 2.52. The SMILES string of the molecule is CCOC(=O)N1CCc2cc(CN(C)C)c(OC)cc2C1CC. The summed E-state index contributed by atoms with van der Waals surface area (Å²) in [4.78, 5) is 16.2. The number of carbonyl (C=O) groups is 1. The Labute approximate surface area is 139 Å². The van der Waals surface area contributed by atoms with Crippen LogP contribution in [-0.2, 0) is 17.7 Å². The van der Waals surface area contributed by atoms with Crippen molar-refractivity contribution < 1.29 is 14.3 Å². The van der Waals surface area contributed by atoms with E-state index in [0.29, 0.717) is 13.2 Å². The van der Waals surface area contributed by atoms with E-state index < -0.39 is 0 Å². The van der Waals surface area contributed by atoms with Gasteiger partial charge in [0.05, 0.1) is 19.8 Å². The van der Waals surface area contributed by atoms with Crippen LogP contribution in [-0.4, -0.2) is 50.2 Å². The molecule has 23 heavy (non-hydrogen) atoms. The summed E-state index contributed by atoms with van der Waals surface area (Å²) in [6, 6.07) is 4.40. The standard InChI is InChI=1S/C18H28N2O3/c1-6-16-15-11-17(22-5)14(12-19(3)4)10-13(15)8-9-20(16)18(21)23-7-2/h10-11,16H,6-9,12H2,1-5H3. The van der Waals surface area contributed by atoms with Gasteiger partial charge in [-0.3, -0.25) is 0 Å². The molecule has 1 aliphatic rings. The van der Waals surface area contributed by atoms with E-state index in [2.05, 4.69) is 38.1 Å². The van der Waals surface area contributed by atoms with Gasteiger partial charge in [0.1, 0.15) is 5.75 Å². The smallest absolute Gasteiger partial charge is 0.410 e. The maximum absolute atomic E-state index is 12.2. The molecule has 1 aromatic carbocycles. The number of amides is 1. The third kappa shape index (κ3) is 3.78. The monoisotopic (exact) mass is 320 g/mol. The van der Waals surface area contributed by atoms with E-state index in [0.717, 1.165) is 25.1 Å². The first-order chi connectivity index (χ1) is 11.0. The lowest BCUT2D eigenvalue weighted by molar-refractivity contribution is 0.0854. The van der Waals surface area contributed by atoms with Crippen LogP contribution in [0.1, 0.15) is 43.0 Å². The van der Waals surface area contributed by atoms with Crippen molar-refractivity contribution in [3.05, 3.63) is 28.8 Å². The van der Waals surface area contributed by atoms with E-state index in [1.54, 1.807) is 7.11 Å². The number of methoxy groups -OCH3 is 1. The number of fused-ring (bicyclic) bond motifs is 1. The molecule has 0 fully saturated rings. The molecule has 1 aromatic rings. The second-order valence-corrected chi connectivity index (χ2v) is 6.17. The first kappa shape index (κ1) is 17.6. The Morgan fingerprint density at radius 2 is 2.09 bits per heavy atom. The summed E-state index contributed by atoms with van der Waals surface area (Å²) in [7, 11) is 5.81. The van der Waals surface area contributed by atoms with Crippen LogP contribution < -0.4 is 4.74 Å². The first-order valence-corrected chi connectivity index (χ1v) is 8.29. The second-order valence-electron chi connectivity index (χ2n) is 6.17. The number of hydrogen-bond donors (Lipinski definition) is 0. The summed E-state index contributed by atoms with van der Waals surface area (Å²) < 4.78 is 10.8. The highest BCUT2D eigenvalue weighted by Crippen LogP contribution is 2.37. The van der Waals surface area contributed by atoms with Gasteiger partial charge >= 0.3 is 6.09 Å². The topological polar surface area (TPSA) is 42.0 Å². The summed E-state index contributed by atoms with van der Waals surface area (Å²) in [6.07, 6.45) is 1.50. The van der Waals surface area contributed by atoms with Gasteiger partial charge < -0.3 is 19.3 Å². The van der Waals surface area contributed by atoms with Crippen LogP contribution in [0.2, 0.25) is 0 Å². The minimum Gasteiger partial charge on any atom is -0.496 e. The predicted molar refractivity (Wildman–Crippen MR) is 90.8 cm³/mol. The van der Waals surface area contributed by atoms with E-state index in [1.165, 1.54) is 16.7 Å². The van der Waals surface area contributed by atoms with Gasteiger partial charge in [-0.1, -0.05) is 13.0 Å². The Morgan fingerprint density at radius 1 is 1.35 bits per heavy atom. The zero-order valence-electron chi connectivity index (χ0n) is 14.9. The van der Waals surface area contributed by atoms with Gasteiger partial charge in [0.25, 0.3) is 0 Å². The molecule has 0 aliphatic carbocycles. The highest BCUT2D eigenvalue weighted by molar-refractivity contribution is 5.69. The highest BCUT2D eigenvalue weighted by Gasteiger charge is 2.31. The normalized spacial score (nSPS) is 17.1. The molecule has 1 unspecified atom stereocenters. The molecule has 0 radical (unpaired) electrons. The lowest BCUT2D eigenvalue weighted by Crippen LogP contribution is -2.40. The van der Waals surface area contributed by atoms with E-state index in [1.807, 2.05) is 11.8 Å². The zero-order valence-corrected chi connectivity index (χ0v) is 14.9. The van der Waals surface area contributed by atoms with Crippen molar-refractivity contribution in [1.82, 2.24) is 9.80 Å². The molecule has 5 nitrogen and oxygen atoms in total. The van der Waals surface area contributed by atoms with E-state index >= 15 is 0 Å². The highest BCUT2D eigenvalue weighted by atomic mass is 16.6. The van der Waals surface area contributed by atoms with Crippen molar-refractivity contribution in [3.63, 3.8) is 0 Å². The van der Waals surface area contributed by atoms with Gasteiger partial charge in [-0.05, 0) is 51.1 Å². The average molecular weight is 320 g/mol. The molecule has 0 saturated heterocycles. The molecule has 1 amide bonds. The summed E-state index contributed by atoms with van der Waals surface area (Å²) in [5, 5.41) is 0. The summed E-state index contributed by atoms with van der Waals surface area (Å²) in [5.41, 5.74) is 3.69. The molecule has 0 aromatic heterocycles. The molecular formula is C18H28N2O3. The zero-order chi connectivity index (χ0) is 17.0. The molecule has 0 saturated carbocycles. The Kier molecular flexibility index (Phi) is 5.88. The maximum Gasteiger partial charge on any atom is 0.410 e. The van der Waals surface area contributed by atoms with Crippen LogP contribution in [0.3, 0.4) is 0 Å². The van der Waals surface area contributed by atoms with Crippen molar-refractivity contribution in [2.24, 2.45) is 0 Å². The van der Waals surface area contributed by atoms with Crippen LogP contribution in [0.5, 0.6) is 5.75 Å². The van der Waals surface area contributed by atoms with Crippen molar-refractivity contribution in [3.8, 4) is 5.75 Å². The van der Waals surface area contributed by atoms with Crippen LogP contribution in [0.15, 0.2) is 12.1 Å². The van der Waals surface area contributed by atoms with Gasteiger partial charge in [-0.2, -0.15) is 0 Å². The van der Waals surface area contributed by atoms with Crippen LogP contribution >= 0.6 is 0 Å². The molecule has 1 atom stereocenters. The summed E-state index contributed by atoms with van der Waals surface area (Å²) in [5.74, 6) is 0.890. The molecule has 2 rings (SSSR count). The number of nitrogens with zero attached hydrogens (tertiary/aromatic N) is 2. The molecular weight excluding hydrogens is 292 g/mol. The molecule has 1 aliphatic heterocycles. The van der Waals surface area contributed by atoms with Crippen molar-refractivity contribution in [1.29, 1.82) is 0 Å². The lowest BCUT2D eigenvalue weighted by Gasteiger charge is -2.36. The molecule has 0 N–H and O–H groups in total. The minimum atomic E-state index is -0.221. The number of rotatable bonds is 5. The van der Waals surface area contributed by atoms with Gasteiger partial charge in [0.15, 0.2) is 0 Å². The summed E-state index contributed by atoms with van der Waals surface area (Å²) in [6.45, 7) is 5.90. The van der Waals surface area contributed by atoms with Crippen LogP contribution in [0, 0.1) is 0 Å². The quantitative estimate of drug-likeness (QED) is 0.835. The van der Waals surface area contributed by atoms with Gasteiger partial charge in [-0.25, -0.2) is 4.79 Å². The Balaban J connectivity index is 2.38. The number of ether oxygens (including phenoxy) is 2. The fourth-order valence-corrected chi connectivity index (χ4v) is 3.30. The van der Waals surface area contributed by atoms with Gasteiger partial charge in [-0.15, -0.1) is 0 Å². The van der Waals surface area contributed by atoms with E-state index in [4.69, 9.17) is 9.47 Å². The van der Waals surface area contributed by atoms with Crippen molar-refractivity contribution in [2.45, 2.75) is 39.3 Å². The fourth-order valence-electron chi connectivity index (χ4n) is 3.30. The molecule has 128 valence electrons. The van der Waals surface area contributed by atoms with Gasteiger partial charge in [0, 0.05) is 18.7 Å². The van der Waals surface area contributed by atoms with Crippen molar-refractivity contribution >= 4 is 6.09 Å². The molecule has 0 bridgehead atoms. The Morgan fingerprint density at radius 3 is 2.65 bits per heavy atom. The number of hydrogen-bond acceptors (Lipinski definition) is 4. The maximum atomic E-state index is 12.2. The predicted octanol–water partition coefficient (Wildman–Crippen LogP) is 3.22. The third-order valence-corrected chi connectivity index (χ3v) is 4.28. The Hall–Kier alpha value is -1.75. The van der Waals surface area contributed by atoms with Crippen molar-refractivity contribution in [2.75, 3.05) is 34.4 Å². The summed E-state index contributed by atoms with van der Waals surface area (Å²) >= 11 is 0. The second kappa shape index (κ2) is 7.68. The fraction of sp³-hybridized carbons (Fsp3) is 0.611. The number of benzene rings is 1. The Bertz CT molecular complexity index is 557. The minimum absolute atomic E-state index is 0.0557. The molecule has 5 heteroatoms. The third-order valence-electron chi connectivity index (χ3n) is 4.28. The van der Waals surface area contributed by atoms with Gasteiger partial charge in [0.2, 0.25) is 0 Å². The first-order valence-electron chi connectivity index (χ1n) is 8.29. The molecule has 1 heterocycles. The molecule has 0 spiro atoms. The van der Waals surface area contributed by atoms with E-state index in [9.17, 15) is 4.79 Å². The number of carbonyl (C=O) groups excluding carboxylic acids is 1. The lowest BCUT2D eigenvalue weighted by atomic mass is 9.89. The van der Waals surface area contributed by atoms with Crippen LogP contribution in [0.4, 0.5) is 4.79 Å². The van der Waals surface area contributed by atoms with Crippen LogP contribution in [0.25, 0.3) is 0 Å².